The lowest BCUT2D eigenvalue weighted by atomic mass is 10.1. The molecule has 0 saturated heterocycles. The molecule has 0 aromatic heterocycles. The number of hydrogen-bond donors (Lipinski definition) is 1. The van der Waals surface area contributed by atoms with E-state index >= 15 is 0 Å². The summed E-state index contributed by atoms with van der Waals surface area (Å²) in [4.78, 5) is 35.1. The largest absolute Gasteiger partial charge is 0.467 e. The number of methoxy groups -OCH3 is 1. The molecule has 0 aliphatic heterocycles. The first-order valence-corrected chi connectivity index (χ1v) is 7.01. The van der Waals surface area contributed by atoms with E-state index in [0.29, 0.717) is 17.0 Å². The van der Waals surface area contributed by atoms with Gasteiger partial charge in [-0.15, -0.1) is 0 Å². The molecule has 0 unspecified atom stereocenters. The van der Waals surface area contributed by atoms with Crippen LogP contribution < -0.4 is 5.32 Å². The van der Waals surface area contributed by atoms with Crippen LogP contribution in [0.3, 0.4) is 0 Å². The molecule has 1 aromatic rings. The molecule has 1 aromatic carbocycles. The molecule has 6 heteroatoms. The molecule has 1 rings (SSSR count). The van der Waals surface area contributed by atoms with Crippen molar-refractivity contribution in [3.63, 3.8) is 0 Å². The zero-order valence-corrected chi connectivity index (χ0v) is 12.8. The van der Waals surface area contributed by atoms with E-state index in [-0.39, 0.29) is 18.6 Å². The van der Waals surface area contributed by atoms with Crippen molar-refractivity contribution in [1.82, 2.24) is 5.32 Å². The maximum atomic E-state index is 12.1. The second-order valence-electron chi connectivity index (χ2n) is 4.49. The Morgan fingerprint density at radius 2 is 1.86 bits per heavy atom. The maximum Gasteiger partial charge on any atom is 0.328 e. The minimum Gasteiger partial charge on any atom is -0.467 e. The Hall–Kier alpha value is -1.88. The van der Waals surface area contributed by atoms with Gasteiger partial charge in [-0.25, -0.2) is 4.79 Å². The SMILES string of the molecule is CCC(=O)CC[C@H](NC(=O)c1ccc(Cl)cc1)C(=O)OC. The number of Topliss-reactive ketones (excluding diaryl/α,β-unsaturated/α-hetero) is 1. The van der Waals surface area contributed by atoms with Crippen LogP contribution in [0.25, 0.3) is 0 Å². The molecule has 0 heterocycles. The lowest BCUT2D eigenvalue weighted by molar-refractivity contribution is -0.143. The zero-order chi connectivity index (χ0) is 15.8. The lowest BCUT2D eigenvalue weighted by Crippen LogP contribution is -2.41. The van der Waals surface area contributed by atoms with Gasteiger partial charge in [0.15, 0.2) is 0 Å². The smallest absolute Gasteiger partial charge is 0.328 e. The van der Waals surface area contributed by atoms with Crippen molar-refractivity contribution >= 4 is 29.3 Å². The highest BCUT2D eigenvalue weighted by atomic mass is 35.5. The molecule has 114 valence electrons. The van der Waals surface area contributed by atoms with Crippen LogP contribution in [0.4, 0.5) is 0 Å². The number of ketones is 1. The van der Waals surface area contributed by atoms with Gasteiger partial charge in [-0.3, -0.25) is 9.59 Å². The van der Waals surface area contributed by atoms with Gasteiger partial charge in [-0.2, -0.15) is 0 Å². The first kappa shape index (κ1) is 17.2. The number of carbonyl (C=O) groups excluding carboxylic acids is 3. The quantitative estimate of drug-likeness (QED) is 0.785. The number of hydrogen-bond acceptors (Lipinski definition) is 4. The van der Waals surface area contributed by atoms with Gasteiger partial charge in [0.2, 0.25) is 0 Å². The van der Waals surface area contributed by atoms with Crippen LogP contribution in [0.1, 0.15) is 36.5 Å². The normalized spacial score (nSPS) is 11.6. The van der Waals surface area contributed by atoms with Crippen LogP contribution in [0.2, 0.25) is 5.02 Å². The molecule has 0 fully saturated rings. The van der Waals surface area contributed by atoms with Crippen molar-refractivity contribution in [3.8, 4) is 0 Å². The Balaban J connectivity index is 2.71. The molecule has 1 atom stereocenters. The number of esters is 1. The zero-order valence-electron chi connectivity index (χ0n) is 12.0. The Morgan fingerprint density at radius 1 is 1.24 bits per heavy atom. The van der Waals surface area contributed by atoms with E-state index in [1.165, 1.54) is 7.11 Å². The predicted molar refractivity (Wildman–Crippen MR) is 79.3 cm³/mol. The molecular formula is C15H18ClNO4. The number of nitrogens with one attached hydrogen (secondary N) is 1. The molecule has 21 heavy (non-hydrogen) atoms. The molecular weight excluding hydrogens is 294 g/mol. The number of carbonyl (C=O) groups is 3. The minimum absolute atomic E-state index is 0.0321. The first-order valence-electron chi connectivity index (χ1n) is 6.63. The van der Waals surface area contributed by atoms with E-state index < -0.39 is 17.9 Å². The highest BCUT2D eigenvalue weighted by molar-refractivity contribution is 6.30. The molecule has 1 N–H and O–H groups in total. The van der Waals surface area contributed by atoms with E-state index in [0.717, 1.165) is 0 Å². The van der Waals surface area contributed by atoms with E-state index in [1.54, 1.807) is 31.2 Å². The summed E-state index contributed by atoms with van der Waals surface area (Å²) < 4.78 is 4.65. The van der Waals surface area contributed by atoms with Crippen LogP contribution in [0, 0.1) is 0 Å². The predicted octanol–water partition coefficient (Wildman–Crippen LogP) is 2.37. The van der Waals surface area contributed by atoms with Crippen molar-refractivity contribution in [1.29, 1.82) is 0 Å². The molecule has 0 aliphatic carbocycles. The number of benzene rings is 1. The lowest BCUT2D eigenvalue weighted by Gasteiger charge is -2.16. The van der Waals surface area contributed by atoms with E-state index in [2.05, 4.69) is 10.1 Å². The highest BCUT2D eigenvalue weighted by Crippen LogP contribution is 2.10. The molecule has 0 spiro atoms. The average Bonchev–Trinajstić information content (AvgIpc) is 2.50. The van der Waals surface area contributed by atoms with Crippen molar-refractivity contribution < 1.29 is 19.1 Å². The molecule has 0 bridgehead atoms. The van der Waals surface area contributed by atoms with Crippen LogP contribution in [-0.2, 0) is 14.3 Å². The van der Waals surface area contributed by atoms with Gasteiger partial charge in [0.05, 0.1) is 7.11 Å². The monoisotopic (exact) mass is 311 g/mol. The van der Waals surface area contributed by atoms with Gasteiger partial charge in [-0.05, 0) is 30.7 Å². The van der Waals surface area contributed by atoms with Gasteiger partial charge in [0.1, 0.15) is 11.8 Å². The van der Waals surface area contributed by atoms with Gasteiger partial charge in [0.25, 0.3) is 5.91 Å². The maximum absolute atomic E-state index is 12.1. The summed E-state index contributed by atoms with van der Waals surface area (Å²) in [6, 6.07) is 5.45. The number of amides is 1. The van der Waals surface area contributed by atoms with Gasteiger partial charge >= 0.3 is 5.97 Å². The summed E-state index contributed by atoms with van der Waals surface area (Å²) >= 11 is 5.75. The second kappa shape index (κ2) is 8.42. The summed E-state index contributed by atoms with van der Waals surface area (Å²) in [5.74, 6) is -0.947. The third-order valence-electron chi connectivity index (χ3n) is 3.00. The second-order valence-corrected chi connectivity index (χ2v) is 4.92. The van der Waals surface area contributed by atoms with Crippen LogP contribution in [0.15, 0.2) is 24.3 Å². The Labute approximate surface area is 128 Å². The fourth-order valence-electron chi connectivity index (χ4n) is 1.72. The molecule has 0 radical (unpaired) electrons. The first-order chi connectivity index (χ1) is 9.97. The van der Waals surface area contributed by atoms with Crippen LogP contribution in [0.5, 0.6) is 0 Å². The Bertz CT molecular complexity index is 513. The summed E-state index contributed by atoms with van der Waals surface area (Å²) in [6.45, 7) is 1.75. The fourth-order valence-corrected chi connectivity index (χ4v) is 1.84. The standard InChI is InChI=1S/C15H18ClNO4/c1-3-12(18)8-9-13(15(20)21-2)17-14(19)10-4-6-11(16)7-5-10/h4-7,13H,3,8-9H2,1-2H3,(H,17,19)/t13-/m0/s1. The number of halogens is 1. The molecule has 1 amide bonds. The summed E-state index contributed by atoms with van der Waals surface area (Å²) in [5.41, 5.74) is 0.384. The topological polar surface area (TPSA) is 72.5 Å². The van der Waals surface area contributed by atoms with Gasteiger partial charge in [-0.1, -0.05) is 18.5 Å². The summed E-state index contributed by atoms with van der Waals surface area (Å²) in [7, 11) is 1.24. The third kappa shape index (κ3) is 5.55. The minimum atomic E-state index is -0.839. The fraction of sp³-hybridized carbons (Fsp3) is 0.400. The summed E-state index contributed by atoms with van der Waals surface area (Å²) in [6.07, 6.45) is 0.842. The molecule has 0 saturated carbocycles. The van der Waals surface area contributed by atoms with Gasteiger partial charge < -0.3 is 10.1 Å². The van der Waals surface area contributed by atoms with Gasteiger partial charge in [0, 0.05) is 23.4 Å². The molecule has 0 aliphatic rings. The molecule has 5 nitrogen and oxygen atoms in total. The number of ether oxygens (including phenoxy) is 1. The van der Waals surface area contributed by atoms with Crippen LogP contribution >= 0.6 is 11.6 Å². The van der Waals surface area contributed by atoms with E-state index in [1.807, 2.05) is 0 Å². The van der Waals surface area contributed by atoms with Crippen molar-refractivity contribution in [2.24, 2.45) is 0 Å². The van der Waals surface area contributed by atoms with Crippen molar-refractivity contribution in [2.45, 2.75) is 32.2 Å². The van der Waals surface area contributed by atoms with E-state index in [9.17, 15) is 14.4 Å². The van der Waals surface area contributed by atoms with Crippen molar-refractivity contribution in [2.75, 3.05) is 7.11 Å². The average molecular weight is 312 g/mol. The number of rotatable bonds is 7. The highest BCUT2D eigenvalue weighted by Gasteiger charge is 2.22. The van der Waals surface area contributed by atoms with Crippen molar-refractivity contribution in [3.05, 3.63) is 34.9 Å². The van der Waals surface area contributed by atoms with E-state index in [4.69, 9.17) is 11.6 Å². The van der Waals surface area contributed by atoms with Crippen LogP contribution in [-0.4, -0.2) is 30.8 Å². The summed E-state index contributed by atoms with van der Waals surface area (Å²) in [5, 5.41) is 3.09. The third-order valence-corrected chi connectivity index (χ3v) is 3.26. The Morgan fingerprint density at radius 3 is 2.38 bits per heavy atom. The Kier molecular flexibility index (Phi) is 6.88.